The summed E-state index contributed by atoms with van der Waals surface area (Å²) in [4.78, 5) is 12.9. The fourth-order valence-electron chi connectivity index (χ4n) is 0.940. The maximum atomic E-state index is 11.1. The second kappa shape index (κ2) is 6.86. The van der Waals surface area contributed by atoms with Crippen LogP contribution in [0.25, 0.3) is 0 Å². The maximum Gasteiger partial charge on any atom is 0.320 e. The van der Waals surface area contributed by atoms with E-state index in [1.807, 2.05) is 25.8 Å². The summed E-state index contributed by atoms with van der Waals surface area (Å²) in [6.07, 6.45) is 0.629. The topological polar surface area (TPSA) is 49.8 Å². The molecule has 0 saturated carbocycles. The number of esters is 1. The first kappa shape index (κ1) is 12.4. The number of aliphatic hydroxyl groups is 1. The molecule has 0 aliphatic heterocycles. The van der Waals surface area contributed by atoms with Crippen molar-refractivity contribution >= 4 is 5.97 Å². The van der Waals surface area contributed by atoms with Gasteiger partial charge in [0.2, 0.25) is 0 Å². The van der Waals surface area contributed by atoms with E-state index in [4.69, 9.17) is 9.84 Å². The first-order chi connectivity index (χ1) is 6.06. The van der Waals surface area contributed by atoms with Crippen molar-refractivity contribution in [2.45, 2.75) is 26.4 Å². The molecule has 0 aromatic rings. The van der Waals surface area contributed by atoms with Gasteiger partial charge in [0.05, 0.1) is 12.6 Å². The third kappa shape index (κ3) is 7.74. The third-order valence-corrected chi connectivity index (χ3v) is 1.46. The van der Waals surface area contributed by atoms with Crippen LogP contribution in [0.3, 0.4) is 0 Å². The zero-order chi connectivity index (χ0) is 10.3. The summed E-state index contributed by atoms with van der Waals surface area (Å²) < 4.78 is 4.96. The zero-order valence-corrected chi connectivity index (χ0v) is 8.62. The number of hydrogen-bond acceptors (Lipinski definition) is 4. The van der Waals surface area contributed by atoms with Crippen molar-refractivity contribution in [1.82, 2.24) is 4.90 Å². The Morgan fingerprint density at radius 1 is 1.54 bits per heavy atom. The molecule has 1 N–H and O–H groups in total. The summed E-state index contributed by atoms with van der Waals surface area (Å²) in [6, 6.07) is 0. The van der Waals surface area contributed by atoms with E-state index in [-0.39, 0.29) is 25.2 Å². The summed E-state index contributed by atoms with van der Waals surface area (Å²) >= 11 is 0. The lowest BCUT2D eigenvalue weighted by Gasteiger charge is -2.15. The van der Waals surface area contributed by atoms with Crippen LogP contribution in [0.15, 0.2) is 0 Å². The van der Waals surface area contributed by atoms with Gasteiger partial charge in [-0.25, -0.2) is 0 Å². The van der Waals surface area contributed by atoms with E-state index in [1.165, 1.54) is 0 Å². The molecule has 0 aliphatic carbocycles. The molecule has 13 heavy (non-hydrogen) atoms. The van der Waals surface area contributed by atoms with Crippen molar-refractivity contribution in [1.29, 1.82) is 0 Å². The van der Waals surface area contributed by atoms with Gasteiger partial charge in [0.25, 0.3) is 0 Å². The Hall–Kier alpha value is -0.610. The molecular weight excluding hydrogens is 170 g/mol. The highest BCUT2D eigenvalue weighted by atomic mass is 16.5. The number of nitrogens with zero attached hydrogens (tertiary/aromatic N) is 1. The van der Waals surface area contributed by atoms with Gasteiger partial charge >= 0.3 is 5.97 Å². The maximum absolute atomic E-state index is 11.1. The van der Waals surface area contributed by atoms with E-state index >= 15 is 0 Å². The van der Waals surface area contributed by atoms with E-state index in [9.17, 15) is 4.79 Å². The summed E-state index contributed by atoms with van der Waals surface area (Å²) in [7, 11) is 1.83. The Morgan fingerprint density at radius 3 is 2.62 bits per heavy atom. The van der Waals surface area contributed by atoms with E-state index in [1.54, 1.807) is 0 Å². The van der Waals surface area contributed by atoms with E-state index in [0.29, 0.717) is 13.0 Å². The minimum Gasteiger partial charge on any atom is -0.462 e. The van der Waals surface area contributed by atoms with Gasteiger partial charge in [-0.1, -0.05) is 0 Å². The molecule has 0 fully saturated rings. The molecular formula is C9H19NO3. The molecule has 0 atom stereocenters. The number of likely N-dealkylation sites (N-methyl/N-ethyl adjacent to an activating group) is 1. The predicted molar refractivity (Wildman–Crippen MR) is 50.4 cm³/mol. The predicted octanol–water partition coefficient (Wildman–Crippen LogP) is 0.252. The van der Waals surface area contributed by atoms with Crippen LogP contribution >= 0.6 is 0 Å². The number of carbonyl (C=O) groups excluding carboxylic acids is 1. The van der Waals surface area contributed by atoms with Crippen LogP contribution in [-0.2, 0) is 9.53 Å². The largest absolute Gasteiger partial charge is 0.462 e. The second-order valence-electron chi connectivity index (χ2n) is 3.35. The lowest BCUT2D eigenvalue weighted by Crippen LogP contribution is -2.29. The standard InChI is InChI=1S/C9H19NO3/c1-8(2)13-9(12)7-10(3)5-4-6-11/h8,11H,4-7H2,1-3H3. The van der Waals surface area contributed by atoms with Gasteiger partial charge < -0.3 is 9.84 Å². The zero-order valence-electron chi connectivity index (χ0n) is 8.62. The van der Waals surface area contributed by atoms with Crippen molar-refractivity contribution in [2.75, 3.05) is 26.7 Å². The van der Waals surface area contributed by atoms with Gasteiger partial charge in [-0.3, -0.25) is 9.69 Å². The normalized spacial score (nSPS) is 10.9. The van der Waals surface area contributed by atoms with Crippen molar-refractivity contribution in [3.8, 4) is 0 Å². The lowest BCUT2D eigenvalue weighted by molar-refractivity contribution is -0.148. The molecule has 0 saturated heterocycles. The molecule has 4 heteroatoms. The smallest absolute Gasteiger partial charge is 0.320 e. The molecule has 0 amide bonds. The minimum absolute atomic E-state index is 0.0567. The van der Waals surface area contributed by atoms with Gasteiger partial charge in [0.1, 0.15) is 0 Å². The van der Waals surface area contributed by atoms with Crippen LogP contribution in [-0.4, -0.2) is 48.8 Å². The average Bonchev–Trinajstić information content (AvgIpc) is 1.98. The van der Waals surface area contributed by atoms with Gasteiger partial charge in [0, 0.05) is 13.2 Å². The summed E-state index contributed by atoms with van der Waals surface area (Å²) in [5.74, 6) is -0.213. The van der Waals surface area contributed by atoms with Crippen molar-refractivity contribution < 1.29 is 14.6 Å². The van der Waals surface area contributed by atoms with Crippen LogP contribution in [0.2, 0.25) is 0 Å². The molecule has 0 rings (SSSR count). The molecule has 0 aromatic carbocycles. The molecule has 0 spiro atoms. The highest BCUT2D eigenvalue weighted by Gasteiger charge is 2.08. The van der Waals surface area contributed by atoms with E-state index in [2.05, 4.69) is 0 Å². The lowest BCUT2D eigenvalue weighted by atomic mass is 10.4. The molecule has 0 unspecified atom stereocenters. The average molecular weight is 189 g/mol. The number of aliphatic hydroxyl groups excluding tert-OH is 1. The van der Waals surface area contributed by atoms with Crippen LogP contribution < -0.4 is 0 Å². The van der Waals surface area contributed by atoms with E-state index < -0.39 is 0 Å². The first-order valence-electron chi connectivity index (χ1n) is 4.55. The number of rotatable bonds is 6. The first-order valence-corrected chi connectivity index (χ1v) is 4.55. The monoisotopic (exact) mass is 189 g/mol. The van der Waals surface area contributed by atoms with Crippen LogP contribution in [0.1, 0.15) is 20.3 Å². The van der Waals surface area contributed by atoms with Crippen LogP contribution in [0.4, 0.5) is 0 Å². The van der Waals surface area contributed by atoms with Gasteiger partial charge in [-0.2, -0.15) is 0 Å². The van der Waals surface area contributed by atoms with Crippen LogP contribution in [0.5, 0.6) is 0 Å². The van der Waals surface area contributed by atoms with Crippen molar-refractivity contribution in [2.24, 2.45) is 0 Å². The summed E-state index contributed by atoms with van der Waals surface area (Å²) in [5.41, 5.74) is 0. The quantitative estimate of drug-likeness (QED) is 0.609. The summed E-state index contributed by atoms with van der Waals surface area (Å²) in [5, 5.41) is 8.55. The Morgan fingerprint density at radius 2 is 2.15 bits per heavy atom. The summed E-state index contributed by atoms with van der Waals surface area (Å²) in [6.45, 7) is 4.81. The number of ether oxygens (including phenoxy) is 1. The molecule has 0 radical (unpaired) electrons. The van der Waals surface area contributed by atoms with Gasteiger partial charge in [-0.15, -0.1) is 0 Å². The molecule has 0 heterocycles. The Balaban J connectivity index is 3.53. The molecule has 0 bridgehead atoms. The minimum atomic E-state index is -0.213. The van der Waals surface area contributed by atoms with Crippen molar-refractivity contribution in [3.63, 3.8) is 0 Å². The Kier molecular flexibility index (Phi) is 6.54. The SMILES string of the molecule is CC(C)OC(=O)CN(C)CCCO. The van der Waals surface area contributed by atoms with Gasteiger partial charge in [-0.05, 0) is 27.3 Å². The Bertz CT molecular complexity index is 148. The fraction of sp³-hybridized carbons (Fsp3) is 0.889. The molecule has 0 aliphatic rings. The number of carbonyl (C=O) groups is 1. The second-order valence-corrected chi connectivity index (χ2v) is 3.35. The van der Waals surface area contributed by atoms with E-state index in [0.717, 1.165) is 0 Å². The molecule has 0 aromatic heterocycles. The van der Waals surface area contributed by atoms with Crippen LogP contribution in [0, 0.1) is 0 Å². The Labute approximate surface area is 79.5 Å². The highest BCUT2D eigenvalue weighted by Crippen LogP contribution is 1.92. The third-order valence-electron chi connectivity index (χ3n) is 1.46. The molecule has 78 valence electrons. The highest BCUT2D eigenvalue weighted by molar-refractivity contribution is 5.71. The van der Waals surface area contributed by atoms with Crippen molar-refractivity contribution in [3.05, 3.63) is 0 Å². The molecule has 4 nitrogen and oxygen atoms in total. The van der Waals surface area contributed by atoms with Gasteiger partial charge in [0.15, 0.2) is 0 Å². The number of hydrogen-bond donors (Lipinski definition) is 1. The fourth-order valence-corrected chi connectivity index (χ4v) is 0.940.